The first kappa shape index (κ1) is 26.6. The zero-order valence-electron chi connectivity index (χ0n) is 19.7. The van der Waals surface area contributed by atoms with Gasteiger partial charge in [0.1, 0.15) is 0 Å². The van der Waals surface area contributed by atoms with Gasteiger partial charge >= 0.3 is 5.97 Å². The molecule has 184 valence electrons. The SMILES string of the molecule is CC(C)(CC/C=C(/c1ccc(CCNS(=O)(=O)c2ccc(Cl)cc2)cc1)c1cccnc1)C(=O)O. The molecule has 8 heteroatoms. The zero-order chi connectivity index (χ0) is 25.5. The summed E-state index contributed by atoms with van der Waals surface area (Å²) in [5.74, 6) is -0.815. The number of hydrogen-bond donors (Lipinski definition) is 2. The quantitative estimate of drug-likeness (QED) is 0.349. The van der Waals surface area contributed by atoms with Crippen molar-refractivity contribution in [1.82, 2.24) is 9.71 Å². The average molecular weight is 513 g/mol. The highest BCUT2D eigenvalue weighted by Crippen LogP contribution is 2.28. The van der Waals surface area contributed by atoms with E-state index < -0.39 is 21.4 Å². The lowest BCUT2D eigenvalue weighted by Crippen LogP contribution is -2.25. The van der Waals surface area contributed by atoms with Gasteiger partial charge in [0.05, 0.1) is 10.3 Å². The van der Waals surface area contributed by atoms with E-state index in [2.05, 4.69) is 15.8 Å². The van der Waals surface area contributed by atoms with E-state index in [1.807, 2.05) is 36.4 Å². The van der Waals surface area contributed by atoms with Crippen molar-refractivity contribution in [1.29, 1.82) is 0 Å². The minimum atomic E-state index is -3.60. The first-order valence-corrected chi connectivity index (χ1v) is 13.1. The maximum absolute atomic E-state index is 12.4. The number of halogens is 1. The van der Waals surface area contributed by atoms with Crippen molar-refractivity contribution in [2.75, 3.05) is 6.54 Å². The number of nitrogens with one attached hydrogen (secondary N) is 1. The Kier molecular flexibility index (Phi) is 8.83. The Labute approximate surface area is 211 Å². The summed E-state index contributed by atoms with van der Waals surface area (Å²) in [5.41, 5.74) is 3.10. The molecule has 0 bridgehead atoms. The number of carboxylic acid groups (broad SMARTS) is 1. The van der Waals surface area contributed by atoms with Crippen molar-refractivity contribution in [3.63, 3.8) is 0 Å². The van der Waals surface area contributed by atoms with E-state index in [1.54, 1.807) is 38.4 Å². The predicted molar refractivity (Wildman–Crippen MR) is 139 cm³/mol. The summed E-state index contributed by atoms with van der Waals surface area (Å²) in [7, 11) is -3.60. The van der Waals surface area contributed by atoms with Gasteiger partial charge in [-0.25, -0.2) is 13.1 Å². The summed E-state index contributed by atoms with van der Waals surface area (Å²) < 4.78 is 27.5. The first-order valence-electron chi connectivity index (χ1n) is 11.3. The molecular formula is C27H29ClN2O4S. The Bertz CT molecular complexity index is 1270. The number of carboxylic acids is 1. The van der Waals surface area contributed by atoms with Gasteiger partial charge in [0.2, 0.25) is 10.0 Å². The number of aliphatic carboxylic acids is 1. The first-order chi connectivity index (χ1) is 16.6. The molecule has 3 aromatic rings. The molecule has 0 saturated carbocycles. The molecule has 0 aliphatic heterocycles. The maximum Gasteiger partial charge on any atom is 0.309 e. The van der Waals surface area contributed by atoms with Crippen LogP contribution >= 0.6 is 11.6 Å². The van der Waals surface area contributed by atoms with E-state index in [4.69, 9.17) is 11.6 Å². The minimum Gasteiger partial charge on any atom is -0.481 e. The van der Waals surface area contributed by atoms with Gasteiger partial charge in [-0.1, -0.05) is 48.0 Å². The van der Waals surface area contributed by atoms with Crippen LogP contribution in [0.5, 0.6) is 0 Å². The van der Waals surface area contributed by atoms with Gasteiger partial charge in [0.15, 0.2) is 0 Å². The third kappa shape index (κ3) is 7.49. The van der Waals surface area contributed by atoms with E-state index in [0.717, 1.165) is 22.3 Å². The Morgan fingerprint density at radius 1 is 1.06 bits per heavy atom. The fourth-order valence-corrected chi connectivity index (χ4v) is 4.64. The molecule has 0 aliphatic rings. The predicted octanol–water partition coefficient (Wildman–Crippen LogP) is 5.58. The van der Waals surface area contributed by atoms with Crippen LogP contribution in [0, 0.1) is 5.41 Å². The second kappa shape index (κ2) is 11.6. The molecule has 0 radical (unpaired) electrons. The highest BCUT2D eigenvalue weighted by Gasteiger charge is 2.26. The Morgan fingerprint density at radius 3 is 2.34 bits per heavy atom. The summed E-state index contributed by atoms with van der Waals surface area (Å²) in [4.78, 5) is 15.8. The van der Waals surface area contributed by atoms with Gasteiger partial charge in [-0.3, -0.25) is 9.78 Å². The standard InChI is InChI=1S/C27H29ClN2O4S/c1-27(2,26(31)32)16-3-6-25(22-5-4-17-29-19-22)21-9-7-20(8-10-21)15-18-30-35(33,34)24-13-11-23(28)12-14-24/h4-14,17,19,30H,3,15-16,18H2,1-2H3,(H,31,32)/b25-6-. The molecule has 0 atom stereocenters. The van der Waals surface area contributed by atoms with E-state index in [-0.39, 0.29) is 11.4 Å². The number of nitrogens with zero attached hydrogens (tertiary/aromatic N) is 1. The van der Waals surface area contributed by atoms with Crippen molar-refractivity contribution in [2.24, 2.45) is 5.41 Å². The lowest BCUT2D eigenvalue weighted by atomic mass is 9.87. The van der Waals surface area contributed by atoms with E-state index in [9.17, 15) is 18.3 Å². The Balaban J connectivity index is 1.69. The normalized spacial score (nSPS) is 12.5. The Morgan fingerprint density at radius 2 is 1.74 bits per heavy atom. The fourth-order valence-electron chi connectivity index (χ4n) is 3.49. The number of rotatable bonds is 11. The number of allylic oxidation sites excluding steroid dienone is 1. The van der Waals surface area contributed by atoms with Crippen LogP contribution < -0.4 is 4.72 Å². The highest BCUT2D eigenvalue weighted by atomic mass is 35.5. The van der Waals surface area contributed by atoms with Crippen molar-refractivity contribution in [2.45, 2.75) is 38.0 Å². The van der Waals surface area contributed by atoms with Crippen LogP contribution in [0.2, 0.25) is 5.02 Å². The lowest BCUT2D eigenvalue weighted by Gasteiger charge is -2.18. The summed E-state index contributed by atoms with van der Waals surface area (Å²) in [6, 6.07) is 17.8. The van der Waals surface area contributed by atoms with Crippen LogP contribution in [-0.4, -0.2) is 31.0 Å². The van der Waals surface area contributed by atoms with Gasteiger partial charge < -0.3 is 5.11 Å². The second-order valence-corrected chi connectivity index (χ2v) is 11.1. The molecule has 1 aromatic heterocycles. The number of hydrogen-bond acceptors (Lipinski definition) is 4. The summed E-state index contributed by atoms with van der Waals surface area (Å²) in [5, 5.41) is 9.87. The molecule has 0 unspecified atom stereocenters. The van der Waals surface area contributed by atoms with Crippen LogP contribution in [0.15, 0.2) is 84.0 Å². The van der Waals surface area contributed by atoms with Gasteiger partial charge in [-0.15, -0.1) is 0 Å². The Hall–Kier alpha value is -3.00. The lowest BCUT2D eigenvalue weighted by molar-refractivity contribution is -0.147. The van der Waals surface area contributed by atoms with Crippen molar-refractivity contribution >= 4 is 33.2 Å². The van der Waals surface area contributed by atoms with Gasteiger partial charge in [0.25, 0.3) is 0 Å². The number of carbonyl (C=O) groups is 1. The molecule has 0 spiro atoms. The van der Waals surface area contributed by atoms with E-state index in [0.29, 0.717) is 24.3 Å². The van der Waals surface area contributed by atoms with Crippen LogP contribution in [0.3, 0.4) is 0 Å². The maximum atomic E-state index is 12.4. The minimum absolute atomic E-state index is 0.176. The van der Waals surface area contributed by atoms with E-state index in [1.165, 1.54) is 12.1 Å². The summed E-state index contributed by atoms with van der Waals surface area (Å²) >= 11 is 5.83. The number of pyridine rings is 1. The average Bonchev–Trinajstić information content (AvgIpc) is 2.83. The molecule has 1 heterocycles. The summed E-state index contributed by atoms with van der Waals surface area (Å²) in [6.45, 7) is 3.71. The van der Waals surface area contributed by atoms with Crippen LogP contribution in [-0.2, 0) is 21.2 Å². The molecule has 2 N–H and O–H groups in total. The second-order valence-electron chi connectivity index (χ2n) is 8.89. The van der Waals surface area contributed by atoms with Gasteiger partial charge in [-0.05, 0) is 80.1 Å². The zero-order valence-corrected chi connectivity index (χ0v) is 21.3. The molecule has 35 heavy (non-hydrogen) atoms. The smallest absolute Gasteiger partial charge is 0.309 e. The largest absolute Gasteiger partial charge is 0.481 e. The van der Waals surface area contributed by atoms with Crippen molar-refractivity contribution < 1.29 is 18.3 Å². The fraction of sp³-hybridized carbons (Fsp3) is 0.259. The third-order valence-corrected chi connectivity index (χ3v) is 7.49. The van der Waals surface area contributed by atoms with Crippen LogP contribution in [0.25, 0.3) is 5.57 Å². The third-order valence-electron chi connectivity index (χ3n) is 5.76. The van der Waals surface area contributed by atoms with Crippen LogP contribution in [0.4, 0.5) is 0 Å². The number of sulfonamides is 1. The highest BCUT2D eigenvalue weighted by molar-refractivity contribution is 7.89. The van der Waals surface area contributed by atoms with Crippen molar-refractivity contribution in [3.05, 3.63) is 101 Å². The molecular weight excluding hydrogens is 484 g/mol. The van der Waals surface area contributed by atoms with Crippen molar-refractivity contribution in [3.8, 4) is 0 Å². The molecule has 0 aliphatic carbocycles. The molecule has 3 rings (SSSR count). The number of aromatic nitrogens is 1. The topological polar surface area (TPSA) is 96.4 Å². The van der Waals surface area contributed by atoms with Gasteiger partial charge in [0, 0.05) is 29.5 Å². The monoisotopic (exact) mass is 512 g/mol. The molecule has 6 nitrogen and oxygen atoms in total. The van der Waals surface area contributed by atoms with Crippen LogP contribution in [0.1, 0.15) is 43.4 Å². The van der Waals surface area contributed by atoms with E-state index >= 15 is 0 Å². The summed E-state index contributed by atoms with van der Waals surface area (Å²) in [6.07, 6.45) is 7.20. The number of benzene rings is 2. The molecule has 2 aromatic carbocycles. The molecule has 0 saturated heterocycles. The molecule has 0 amide bonds. The van der Waals surface area contributed by atoms with Gasteiger partial charge in [-0.2, -0.15) is 0 Å². The molecule has 0 fully saturated rings.